The Morgan fingerprint density at radius 2 is 2.00 bits per heavy atom. The first-order valence-electron chi connectivity index (χ1n) is 6.96. The highest BCUT2D eigenvalue weighted by Crippen LogP contribution is 2.27. The van der Waals surface area contributed by atoms with Crippen LogP contribution >= 0.6 is 0 Å². The Kier molecular flexibility index (Phi) is 4.77. The fourth-order valence-corrected chi connectivity index (χ4v) is 2.69. The number of benzene rings is 1. The van der Waals surface area contributed by atoms with Crippen molar-refractivity contribution >= 4 is 0 Å². The van der Waals surface area contributed by atoms with Crippen molar-refractivity contribution in [2.45, 2.75) is 44.8 Å². The van der Waals surface area contributed by atoms with Gasteiger partial charge in [-0.25, -0.2) is 4.39 Å². The molecule has 0 radical (unpaired) electrons. The van der Waals surface area contributed by atoms with Gasteiger partial charge in [0.15, 0.2) is 0 Å². The minimum Gasteiger partial charge on any atom is -0.508 e. The summed E-state index contributed by atoms with van der Waals surface area (Å²) in [5.74, 6) is 0.155. The second-order valence-corrected chi connectivity index (χ2v) is 5.51. The zero-order chi connectivity index (χ0) is 13.8. The summed E-state index contributed by atoms with van der Waals surface area (Å²) < 4.78 is 12.9. The SMILES string of the molecule is CC(NCC1CCC(O)CC1)c1ccc(F)cc1O. The first-order chi connectivity index (χ1) is 9.06. The number of hydrogen-bond donors (Lipinski definition) is 3. The van der Waals surface area contributed by atoms with Gasteiger partial charge in [-0.05, 0) is 51.1 Å². The van der Waals surface area contributed by atoms with Crippen LogP contribution in [0.2, 0.25) is 0 Å². The predicted molar refractivity (Wildman–Crippen MR) is 72.4 cm³/mol. The van der Waals surface area contributed by atoms with E-state index in [1.54, 1.807) is 6.07 Å². The van der Waals surface area contributed by atoms with Gasteiger partial charge in [-0.2, -0.15) is 0 Å². The fourth-order valence-electron chi connectivity index (χ4n) is 2.69. The number of aliphatic hydroxyl groups excluding tert-OH is 1. The van der Waals surface area contributed by atoms with Gasteiger partial charge in [-0.15, -0.1) is 0 Å². The van der Waals surface area contributed by atoms with Crippen molar-refractivity contribution in [2.75, 3.05) is 6.54 Å². The summed E-state index contributed by atoms with van der Waals surface area (Å²) in [4.78, 5) is 0. The van der Waals surface area contributed by atoms with Crippen LogP contribution < -0.4 is 5.32 Å². The van der Waals surface area contributed by atoms with Crippen LogP contribution in [-0.2, 0) is 0 Å². The molecule has 1 aliphatic carbocycles. The van der Waals surface area contributed by atoms with E-state index >= 15 is 0 Å². The Labute approximate surface area is 113 Å². The second kappa shape index (κ2) is 6.35. The minimum atomic E-state index is -0.422. The van der Waals surface area contributed by atoms with Crippen molar-refractivity contribution in [1.82, 2.24) is 5.32 Å². The summed E-state index contributed by atoms with van der Waals surface area (Å²) >= 11 is 0. The van der Waals surface area contributed by atoms with E-state index in [-0.39, 0.29) is 17.9 Å². The third kappa shape index (κ3) is 3.91. The first kappa shape index (κ1) is 14.3. The molecule has 0 saturated heterocycles. The molecule has 0 aliphatic heterocycles. The molecule has 1 fully saturated rings. The molecule has 1 aromatic carbocycles. The van der Waals surface area contributed by atoms with Crippen LogP contribution in [-0.4, -0.2) is 22.9 Å². The molecule has 3 nitrogen and oxygen atoms in total. The molecule has 0 heterocycles. The molecule has 2 rings (SSSR count). The molecule has 0 amide bonds. The molecule has 1 saturated carbocycles. The Hall–Kier alpha value is -1.13. The average Bonchev–Trinajstić information content (AvgIpc) is 2.37. The molecule has 0 spiro atoms. The highest BCUT2D eigenvalue weighted by molar-refractivity contribution is 5.34. The van der Waals surface area contributed by atoms with Crippen LogP contribution in [0.4, 0.5) is 4.39 Å². The highest BCUT2D eigenvalue weighted by Gasteiger charge is 2.20. The number of hydrogen-bond acceptors (Lipinski definition) is 3. The van der Waals surface area contributed by atoms with Gasteiger partial charge in [0, 0.05) is 17.7 Å². The molecular weight excluding hydrogens is 245 g/mol. The molecule has 1 atom stereocenters. The molecule has 1 aromatic rings. The smallest absolute Gasteiger partial charge is 0.126 e. The number of aromatic hydroxyl groups is 1. The lowest BCUT2D eigenvalue weighted by atomic mass is 9.87. The average molecular weight is 267 g/mol. The van der Waals surface area contributed by atoms with Crippen LogP contribution in [0.3, 0.4) is 0 Å². The van der Waals surface area contributed by atoms with Gasteiger partial charge in [0.2, 0.25) is 0 Å². The van der Waals surface area contributed by atoms with Gasteiger partial charge < -0.3 is 15.5 Å². The third-order valence-electron chi connectivity index (χ3n) is 3.99. The summed E-state index contributed by atoms with van der Waals surface area (Å²) in [5.41, 5.74) is 0.720. The molecule has 3 N–H and O–H groups in total. The van der Waals surface area contributed by atoms with E-state index in [0.717, 1.165) is 43.9 Å². The van der Waals surface area contributed by atoms with E-state index in [1.807, 2.05) is 6.92 Å². The van der Waals surface area contributed by atoms with Crippen molar-refractivity contribution in [2.24, 2.45) is 5.92 Å². The van der Waals surface area contributed by atoms with E-state index < -0.39 is 5.82 Å². The first-order valence-corrected chi connectivity index (χ1v) is 6.96. The molecule has 0 bridgehead atoms. The van der Waals surface area contributed by atoms with Gasteiger partial charge in [-0.3, -0.25) is 0 Å². The largest absolute Gasteiger partial charge is 0.508 e. The maximum absolute atomic E-state index is 12.9. The second-order valence-electron chi connectivity index (χ2n) is 5.51. The number of phenolic OH excluding ortho intramolecular Hbond substituents is 1. The number of nitrogens with one attached hydrogen (secondary N) is 1. The maximum Gasteiger partial charge on any atom is 0.126 e. The topological polar surface area (TPSA) is 52.5 Å². The van der Waals surface area contributed by atoms with Crippen LogP contribution in [0, 0.1) is 11.7 Å². The van der Waals surface area contributed by atoms with Gasteiger partial charge in [0.25, 0.3) is 0 Å². The Bertz CT molecular complexity index is 417. The van der Waals surface area contributed by atoms with E-state index in [2.05, 4.69) is 5.32 Å². The summed E-state index contributed by atoms with van der Waals surface area (Å²) in [6.07, 6.45) is 3.70. The zero-order valence-corrected chi connectivity index (χ0v) is 11.3. The number of halogens is 1. The van der Waals surface area contributed by atoms with Crippen molar-refractivity contribution in [1.29, 1.82) is 0 Å². The minimum absolute atomic E-state index is 0.000864. The zero-order valence-electron chi connectivity index (χ0n) is 11.3. The standard InChI is InChI=1S/C15H22FNO2/c1-10(14-7-4-12(16)8-15(14)19)17-9-11-2-5-13(18)6-3-11/h4,7-8,10-11,13,17-19H,2-3,5-6,9H2,1H3. The number of phenols is 1. The van der Waals surface area contributed by atoms with Gasteiger partial charge >= 0.3 is 0 Å². The summed E-state index contributed by atoms with van der Waals surface area (Å²) in [7, 11) is 0. The maximum atomic E-state index is 12.9. The molecule has 19 heavy (non-hydrogen) atoms. The molecule has 1 aliphatic rings. The molecule has 1 unspecified atom stereocenters. The van der Waals surface area contributed by atoms with Gasteiger partial charge in [-0.1, -0.05) is 6.07 Å². The molecule has 0 aromatic heterocycles. The summed E-state index contributed by atoms with van der Waals surface area (Å²) in [6.45, 7) is 2.83. The molecular formula is C15H22FNO2. The quantitative estimate of drug-likeness (QED) is 0.786. The van der Waals surface area contributed by atoms with Crippen LogP contribution in [0.1, 0.15) is 44.2 Å². The van der Waals surface area contributed by atoms with Crippen molar-refractivity contribution in [3.8, 4) is 5.75 Å². The van der Waals surface area contributed by atoms with E-state index in [4.69, 9.17) is 0 Å². The van der Waals surface area contributed by atoms with Crippen molar-refractivity contribution < 1.29 is 14.6 Å². The van der Waals surface area contributed by atoms with E-state index in [0.29, 0.717) is 5.92 Å². The summed E-state index contributed by atoms with van der Waals surface area (Å²) in [5, 5.41) is 22.6. The Morgan fingerprint density at radius 3 is 2.63 bits per heavy atom. The van der Waals surface area contributed by atoms with Crippen LogP contribution in [0.5, 0.6) is 5.75 Å². The predicted octanol–water partition coefficient (Wildman–Crippen LogP) is 2.73. The molecule has 4 heteroatoms. The number of rotatable bonds is 4. The van der Waals surface area contributed by atoms with Crippen LogP contribution in [0.25, 0.3) is 0 Å². The van der Waals surface area contributed by atoms with Gasteiger partial charge in [0.05, 0.1) is 6.10 Å². The fraction of sp³-hybridized carbons (Fsp3) is 0.600. The van der Waals surface area contributed by atoms with Crippen LogP contribution in [0.15, 0.2) is 18.2 Å². The lowest BCUT2D eigenvalue weighted by molar-refractivity contribution is 0.107. The van der Waals surface area contributed by atoms with Gasteiger partial charge in [0.1, 0.15) is 11.6 Å². The third-order valence-corrected chi connectivity index (χ3v) is 3.99. The van der Waals surface area contributed by atoms with Crippen molar-refractivity contribution in [3.05, 3.63) is 29.6 Å². The monoisotopic (exact) mass is 267 g/mol. The lowest BCUT2D eigenvalue weighted by Gasteiger charge is -2.27. The number of aliphatic hydroxyl groups is 1. The normalized spacial score (nSPS) is 25.2. The summed E-state index contributed by atoms with van der Waals surface area (Å²) in [6, 6.07) is 4.12. The highest BCUT2D eigenvalue weighted by atomic mass is 19.1. The van der Waals surface area contributed by atoms with E-state index in [1.165, 1.54) is 6.07 Å². The Balaban J connectivity index is 1.85. The molecule has 106 valence electrons. The van der Waals surface area contributed by atoms with Crippen molar-refractivity contribution in [3.63, 3.8) is 0 Å². The Morgan fingerprint density at radius 1 is 1.32 bits per heavy atom. The lowest BCUT2D eigenvalue weighted by Crippen LogP contribution is -2.29. The van der Waals surface area contributed by atoms with E-state index in [9.17, 15) is 14.6 Å².